The molecule has 1 aliphatic carbocycles. The number of hydrogen-bond donors (Lipinski definition) is 0. The molecule has 0 N–H and O–H groups in total. The van der Waals surface area contributed by atoms with E-state index in [4.69, 9.17) is 0 Å². The minimum atomic E-state index is 0.689. The van der Waals surface area contributed by atoms with Crippen LogP contribution in [0.25, 0.3) is 0 Å². The molecule has 0 nitrogen and oxygen atoms in total. The topological polar surface area (TPSA) is 0 Å². The maximum absolute atomic E-state index is 2.42. The van der Waals surface area contributed by atoms with Gasteiger partial charge in [-0.15, -0.1) is 0 Å². The lowest BCUT2D eigenvalue weighted by atomic mass is 9.82. The molecular formula is C15H24. The molecule has 1 aliphatic rings. The van der Waals surface area contributed by atoms with Gasteiger partial charge in [-0.1, -0.05) is 28.9 Å². The molecule has 0 spiro atoms. The van der Waals surface area contributed by atoms with Gasteiger partial charge in [0.25, 0.3) is 0 Å². The Kier molecular flexibility index (Phi) is 4.38. The van der Waals surface area contributed by atoms with Crippen LogP contribution in [0, 0.1) is 5.92 Å². The maximum Gasteiger partial charge on any atom is -0.00176 e. The SMILES string of the molecule is CC(C)=CC1=C(C)C(C=C(C)C)CCC1. The summed E-state index contributed by atoms with van der Waals surface area (Å²) in [5.41, 5.74) is 6.02. The van der Waals surface area contributed by atoms with Gasteiger partial charge in [0.1, 0.15) is 0 Å². The summed E-state index contributed by atoms with van der Waals surface area (Å²) < 4.78 is 0. The van der Waals surface area contributed by atoms with E-state index in [-0.39, 0.29) is 0 Å². The average molecular weight is 204 g/mol. The van der Waals surface area contributed by atoms with Gasteiger partial charge in [-0.05, 0) is 65.4 Å². The molecule has 0 heterocycles. The standard InChI is InChI=1S/C15H24/c1-11(2)9-14-7-6-8-15(13(14)5)10-12(3)4/h9-10,14H,6-8H2,1-5H3. The summed E-state index contributed by atoms with van der Waals surface area (Å²) in [6.45, 7) is 11.1. The van der Waals surface area contributed by atoms with Gasteiger partial charge >= 0.3 is 0 Å². The summed E-state index contributed by atoms with van der Waals surface area (Å²) in [7, 11) is 0. The van der Waals surface area contributed by atoms with E-state index in [1.807, 2.05) is 0 Å². The fraction of sp³-hybridized carbons (Fsp3) is 0.600. The van der Waals surface area contributed by atoms with Gasteiger partial charge in [0.05, 0.1) is 0 Å². The summed E-state index contributed by atoms with van der Waals surface area (Å²) >= 11 is 0. The van der Waals surface area contributed by atoms with Crippen molar-refractivity contribution in [3.05, 3.63) is 34.4 Å². The van der Waals surface area contributed by atoms with Crippen LogP contribution in [-0.2, 0) is 0 Å². The van der Waals surface area contributed by atoms with E-state index in [1.54, 1.807) is 11.1 Å². The van der Waals surface area contributed by atoms with Crippen LogP contribution < -0.4 is 0 Å². The van der Waals surface area contributed by atoms with Crippen LogP contribution in [0.1, 0.15) is 53.9 Å². The fourth-order valence-corrected chi connectivity index (χ4v) is 2.31. The van der Waals surface area contributed by atoms with Gasteiger partial charge < -0.3 is 0 Å². The minimum Gasteiger partial charge on any atom is -0.0798 e. The summed E-state index contributed by atoms with van der Waals surface area (Å²) in [6, 6.07) is 0. The molecule has 0 aromatic carbocycles. The van der Waals surface area contributed by atoms with Crippen molar-refractivity contribution in [2.45, 2.75) is 53.9 Å². The van der Waals surface area contributed by atoms with Gasteiger partial charge in [0.2, 0.25) is 0 Å². The highest BCUT2D eigenvalue weighted by Gasteiger charge is 2.16. The van der Waals surface area contributed by atoms with Crippen molar-refractivity contribution in [1.29, 1.82) is 0 Å². The Morgan fingerprint density at radius 2 is 1.80 bits per heavy atom. The molecule has 0 aromatic rings. The van der Waals surface area contributed by atoms with E-state index in [1.165, 1.54) is 30.4 Å². The van der Waals surface area contributed by atoms with Crippen LogP contribution in [0.4, 0.5) is 0 Å². The van der Waals surface area contributed by atoms with E-state index >= 15 is 0 Å². The average Bonchev–Trinajstić information content (AvgIpc) is 2.10. The Hall–Kier alpha value is -0.780. The first kappa shape index (κ1) is 12.3. The second kappa shape index (κ2) is 5.34. The molecular weight excluding hydrogens is 180 g/mol. The quantitative estimate of drug-likeness (QED) is 0.553. The first-order chi connectivity index (χ1) is 7.00. The van der Waals surface area contributed by atoms with Gasteiger partial charge in [0.15, 0.2) is 0 Å². The monoisotopic (exact) mass is 204 g/mol. The first-order valence-electron chi connectivity index (χ1n) is 6.00. The van der Waals surface area contributed by atoms with E-state index in [9.17, 15) is 0 Å². The summed E-state index contributed by atoms with van der Waals surface area (Å²) in [5, 5.41) is 0. The van der Waals surface area contributed by atoms with Crippen LogP contribution >= 0.6 is 0 Å². The highest BCUT2D eigenvalue weighted by molar-refractivity contribution is 5.32. The fourth-order valence-electron chi connectivity index (χ4n) is 2.31. The van der Waals surface area contributed by atoms with E-state index in [0.717, 1.165) is 0 Å². The molecule has 0 saturated carbocycles. The van der Waals surface area contributed by atoms with Crippen LogP contribution in [0.15, 0.2) is 34.4 Å². The summed E-state index contributed by atoms with van der Waals surface area (Å²) in [6.07, 6.45) is 8.72. The molecule has 0 radical (unpaired) electrons. The van der Waals surface area contributed by atoms with E-state index in [2.05, 4.69) is 46.8 Å². The zero-order valence-electron chi connectivity index (χ0n) is 10.9. The number of allylic oxidation sites excluding steroid dienone is 6. The van der Waals surface area contributed by atoms with Crippen molar-refractivity contribution in [3.8, 4) is 0 Å². The first-order valence-corrected chi connectivity index (χ1v) is 6.00. The van der Waals surface area contributed by atoms with Crippen molar-refractivity contribution >= 4 is 0 Å². The van der Waals surface area contributed by atoms with E-state index < -0.39 is 0 Å². The van der Waals surface area contributed by atoms with Gasteiger partial charge in [-0.2, -0.15) is 0 Å². The molecule has 0 amide bonds. The molecule has 1 atom stereocenters. The molecule has 1 rings (SSSR count). The van der Waals surface area contributed by atoms with Crippen LogP contribution in [0.5, 0.6) is 0 Å². The van der Waals surface area contributed by atoms with Crippen molar-refractivity contribution < 1.29 is 0 Å². The zero-order chi connectivity index (χ0) is 11.4. The van der Waals surface area contributed by atoms with Gasteiger partial charge in [0, 0.05) is 0 Å². The largest absolute Gasteiger partial charge is 0.0798 e. The van der Waals surface area contributed by atoms with Crippen molar-refractivity contribution in [2.75, 3.05) is 0 Å². The van der Waals surface area contributed by atoms with Gasteiger partial charge in [-0.25, -0.2) is 0 Å². The smallest absolute Gasteiger partial charge is 0.00176 e. The molecule has 0 aromatic heterocycles. The Balaban J connectivity index is 2.95. The third-order valence-corrected chi connectivity index (χ3v) is 3.02. The number of hydrogen-bond acceptors (Lipinski definition) is 0. The third-order valence-electron chi connectivity index (χ3n) is 3.02. The molecule has 0 bridgehead atoms. The highest BCUT2D eigenvalue weighted by atomic mass is 14.2. The zero-order valence-corrected chi connectivity index (χ0v) is 10.9. The molecule has 0 heteroatoms. The van der Waals surface area contributed by atoms with Crippen LogP contribution in [0.3, 0.4) is 0 Å². The molecule has 1 unspecified atom stereocenters. The third kappa shape index (κ3) is 3.70. The van der Waals surface area contributed by atoms with Crippen LogP contribution in [-0.4, -0.2) is 0 Å². The second-order valence-electron chi connectivity index (χ2n) is 5.17. The highest BCUT2D eigenvalue weighted by Crippen LogP contribution is 2.32. The Labute approximate surface area is 94.8 Å². The molecule has 0 aliphatic heterocycles. The second-order valence-corrected chi connectivity index (χ2v) is 5.17. The Bertz CT molecular complexity index is 305. The lowest BCUT2D eigenvalue weighted by Crippen LogP contribution is -2.08. The van der Waals surface area contributed by atoms with Crippen LogP contribution in [0.2, 0.25) is 0 Å². The molecule has 0 saturated heterocycles. The minimum absolute atomic E-state index is 0.689. The van der Waals surface area contributed by atoms with Crippen molar-refractivity contribution in [2.24, 2.45) is 5.92 Å². The molecule has 0 fully saturated rings. The van der Waals surface area contributed by atoms with Gasteiger partial charge in [-0.3, -0.25) is 0 Å². The normalized spacial score (nSPS) is 21.3. The summed E-state index contributed by atoms with van der Waals surface area (Å²) in [5.74, 6) is 0.689. The Morgan fingerprint density at radius 1 is 1.13 bits per heavy atom. The number of rotatable bonds is 2. The predicted molar refractivity (Wildman–Crippen MR) is 68.9 cm³/mol. The lowest BCUT2D eigenvalue weighted by molar-refractivity contribution is 0.582. The predicted octanol–water partition coefficient (Wildman–Crippen LogP) is 5.04. The van der Waals surface area contributed by atoms with Crippen molar-refractivity contribution in [3.63, 3.8) is 0 Å². The summed E-state index contributed by atoms with van der Waals surface area (Å²) in [4.78, 5) is 0. The van der Waals surface area contributed by atoms with Crippen molar-refractivity contribution in [1.82, 2.24) is 0 Å². The maximum atomic E-state index is 2.42. The lowest BCUT2D eigenvalue weighted by Gasteiger charge is -2.23. The van der Waals surface area contributed by atoms with E-state index in [0.29, 0.717) is 5.92 Å². The Morgan fingerprint density at radius 3 is 2.33 bits per heavy atom. The molecule has 15 heavy (non-hydrogen) atoms. The molecule has 84 valence electrons.